The first-order valence-corrected chi connectivity index (χ1v) is 5.04. The predicted molar refractivity (Wildman–Crippen MR) is 64.4 cm³/mol. The smallest absolute Gasteiger partial charge is 0.196 e. The standard InChI is InChI=1S/C13H20O2/c1-6-13(10-8-9-11(3)4)15-12(5)14-7-2/h6,8-10,12H,1,3,7H2,2,4-5H3/b9-8-,13-10+. The molecule has 1 atom stereocenters. The minimum absolute atomic E-state index is 0.252. The summed E-state index contributed by atoms with van der Waals surface area (Å²) in [6.45, 7) is 13.8. The largest absolute Gasteiger partial charge is 0.465 e. The highest BCUT2D eigenvalue weighted by Gasteiger charge is 2.01. The zero-order valence-electron chi connectivity index (χ0n) is 9.82. The SMILES string of the molecule is C=C/C(=C\C=C/C(=C)C)OC(C)OCC. The number of allylic oxidation sites excluding steroid dienone is 5. The third-order valence-electron chi connectivity index (χ3n) is 1.55. The average Bonchev–Trinajstić information content (AvgIpc) is 2.16. The summed E-state index contributed by atoms with van der Waals surface area (Å²) in [5.41, 5.74) is 0.993. The lowest BCUT2D eigenvalue weighted by atomic mass is 10.3. The van der Waals surface area contributed by atoms with Crippen molar-refractivity contribution in [2.45, 2.75) is 27.1 Å². The molecule has 0 aliphatic rings. The maximum Gasteiger partial charge on any atom is 0.196 e. The second-order valence-electron chi connectivity index (χ2n) is 3.12. The van der Waals surface area contributed by atoms with Gasteiger partial charge in [0, 0.05) is 6.61 Å². The minimum Gasteiger partial charge on any atom is -0.465 e. The lowest BCUT2D eigenvalue weighted by Gasteiger charge is -2.14. The lowest BCUT2D eigenvalue weighted by molar-refractivity contribution is -0.0955. The molecule has 0 amide bonds. The van der Waals surface area contributed by atoms with Gasteiger partial charge in [-0.3, -0.25) is 0 Å². The Morgan fingerprint density at radius 2 is 2.13 bits per heavy atom. The molecule has 0 N–H and O–H groups in total. The lowest BCUT2D eigenvalue weighted by Crippen LogP contribution is -2.11. The van der Waals surface area contributed by atoms with Gasteiger partial charge >= 0.3 is 0 Å². The van der Waals surface area contributed by atoms with Crippen LogP contribution in [0.5, 0.6) is 0 Å². The van der Waals surface area contributed by atoms with Crippen LogP contribution in [0.3, 0.4) is 0 Å². The molecule has 1 unspecified atom stereocenters. The molecular formula is C13H20O2. The highest BCUT2D eigenvalue weighted by molar-refractivity contribution is 5.22. The van der Waals surface area contributed by atoms with Gasteiger partial charge in [0.1, 0.15) is 5.76 Å². The van der Waals surface area contributed by atoms with Crippen molar-refractivity contribution in [2.75, 3.05) is 6.61 Å². The van der Waals surface area contributed by atoms with Gasteiger partial charge in [-0.15, -0.1) is 0 Å². The molecule has 15 heavy (non-hydrogen) atoms. The van der Waals surface area contributed by atoms with Crippen LogP contribution < -0.4 is 0 Å². The van der Waals surface area contributed by atoms with E-state index in [1.807, 2.05) is 39.0 Å². The molecule has 0 radical (unpaired) electrons. The van der Waals surface area contributed by atoms with Gasteiger partial charge in [0.2, 0.25) is 0 Å². The van der Waals surface area contributed by atoms with Crippen molar-refractivity contribution in [1.29, 1.82) is 0 Å². The van der Waals surface area contributed by atoms with E-state index in [0.29, 0.717) is 12.4 Å². The second kappa shape index (κ2) is 8.06. The van der Waals surface area contributed by atoms with Crippen molar-refractivity contribution in [3.05, 3.63) is 48.8 Å². The first-order valence-electron chi connectivity index (χ1n) is 5.04. The van der Waals surface area contributed by atoms with E-state index in [4.69, 9.17) is 9.47 Å². The van der Waals surface area contributed by atoms with Crippen LogP contribution in [0.15, 0.2) is 48.8 Å². The van der Waals surface area contributed by atoms with Crippen molar-refractivity contribution in [3.8, 4) is 0 Å². The molecule has 0 aromatic carbocycles. The van der Waals surface area contributed by atoms with Crippen LogP contribution in [0.1, 0.15) is 20.8 Å². The molecule has 2 heteroatoms. The van der Waals surface area contributed by atoms with Crippen molar-refractivity contribution in [2.24, 2.45) is 0 Å². The molecule has 0 saturated heterocycles. The van der Waals surface area contributed by atoms with Crippen molar-refractivity contribution in [3.63, 3.8) is 0 Å². The normalized spacial score (nSPS) is 13.9. The monoisotopic (exact) mass is 208 g/mol. The van der Waals surface area contributed by atoms with Crippen LogP contribution in [0.4, 0.5) is 0 Å². The van der Waals surface area contributed by atoms with Crippen molar-refractivity contribution < 1.29 is 9.47 Å². The fourth-order valence-electron chi connectivity index (χ4n) is 0.923. The fraction of sp³-hybridized carbons (Fsp3) is 0.385. The Kier molecular flexibility index (Phi) is 7.38. The van der Waals surface area contributed by atoms with Gasteiger partial charge in [0.25, 0.3) is 0 Å². The minimum atomic E-state index is -0.252. The first-order chi connectivity index (χ1) is 7.10. The van der Waals surface area contributed by atoms with Crippen LogP contribution in [0.2, 0.25) is 0 Å². The topological polar surface area (TPSA) is 18.5 Å². The molecule has 0 heterocycles. The Morgan fingerprint density at radius 1 is 1.47 bits per heavy atom. The summed E-state index contributed by atoms with van der Waals surface area (Å²) in [7, 11) is 0. The van der Waals surface area contributed by atoms with Gasteiger partial charge in [0.15, 0.2) is 6.29 Å². The van der Waals surface area contributed by atoms with Crippen molar-refractivity contribution >= 4 is 0 Å². The summed E-state index contributed by atoms with van der Waals surface area (Å²) >= 11 is 0. The quantitative estimate of drug-likeness (QED) is 0.361. The fourth-order valence-corrected chi connectivity index (χ4v) is 0.923. The van der Waals surface area contributed by atoms with Gasteiger partial charge in [-0.1, -0.05) is 30.9 Å². The van der Waals surface area contributed by atoms with Crippen LogP contribution in [-0.2, 0) is 9.47 Å². The zero-order chi connectivity index (χ0) is 11.7. The van der Waals surface area contributed by atoms with Crippen LogP contribution >= 0.6 is 0 Å². The van der Waals surface area contributed by atoms with E-state index in [2.05, 4.69) is 13.2 Å². The second-order valence-corrected chi connectivity index (χ2v) is 3.12. The van der Waals surface area contributed by atoms with E-state index in [1.54, 1.807) is 6.08 Å². The maximum atomic E-state index is 5.46. The van der Waals surface area contributed by atoms with E-state index in [0.717, 1.165) is 5.57 Å². The molecule has 0 rings (SSSR count). The summed E-state index contributed by atoms with van der Waals surface area (Å²) in [4.78, 5) is 0. The van der Waals surface area contributed by atoms with Gasteiger partial charge < -0.3 is 9.47 Å². The van der Waals surface area contributed by atoms with Gasteiger partial charge in [-0.25, -0.2) is 0 Å². The summed E-state index contributed by atoms with van der Waals surface area (Å²) in [5, 5.41) is 0. The zero-order valence-corrected chi connectivity index (χ0v) is 9.82. The molecule has 84 valence electrons. The Bertz CT molecular complexity index is 262. The summed E-state index contributed by atoms with van der Waals surface area (Å²) in [5.74, 6) is 0.688. The Labute approximate surface area is 92.6 Å². The number of ether oxygens (including phenoxy) is 2. The summed E-state index contributed by atoms with van der Waals surface area (Å²) in [6.07, 6.45) is 7.00. The average molecular weight is 208 g/mol. The maximum absolute atomic E-state index is 5.46. The molecule has 0 saturated carbocycles. The molecule has 0 spiro atoms. The van der Waals surface area contributed by atoms with Crippen LogP contribution in [-0.4, -0.2) is 12.9 Å². The Morgan fingerprint density at radius 3 is 2.60 bits per heavy atom. The number of rotatable bonds is 7. The van der Waals surface area contributed by atoms with E-state index < -0.39 is 0 Å². The molecule has 0 aromatic heterocycles. The molecule has 0 aliphatic carbocycles. The molecule has 0 aromatic rings. The van der Waals surface area contributed by atoms with Gasteiger partial charge in [0.05, 0.1) is 0 Å². The molecule has 0 aliphatic heterocycles. The Hall–Kier alpha value is -1.28. The summed E-state index contributed by atoms with van der Waals surface area (Å²) in [6, 6.07) is 0. The van der Waals surface area contributed by atoms with Crippen LogP contribution in [0, 0.1) is 0 Å². The molecule has 0 fully saturated rings. The highest BCUT2D eigenvalue weighted by Crippen LogP contribution is 2.05. The van der Waals surface area contributed by atoms with E-state index in [1.165, 1.54) is 0 Å². The van der Waals surface area contributed by atoms with Crippen molar-refractivity contribution in [1.82, 2.24) is 0 Å². The first kappa shape index (κ1) is 13.7. The third-order valence-corrected chi connectivity index (χ3v) is 1.55. The Balaban J connectivity index is 4.23. The molecule has 2 nitrogen and oxygen atoms in total. The molecule has 0 bridgehead atoms. The van der Waals surface area contributed by atoms with E-state index >= 15 is 0 Å². The third kappa shape index (κ3) is 7.77. The molecular weight excluding hydrogens is 188 g/mol. The predicted octanol–water partition coefficient (Wildman–Crippen LogP) is 3.59. The highest BCUT2D eigenvalue weighted by atomic mass is 16.7. The van der Waals surface area contributed by atoms with Gasteiger partial charge in [-0.2, -0.15) is 0 Å². The summed E-state index contributed by atoms with van der Waals surface area (Å²) < 4.78 is 10.7. The van der Waals surface area contributed by atoms with Gasteiger partial charge in [-0.05, 0) is 32.9 Å². The number of hydrogen-bond acceptors (Lipinski definition) is 2. The van der Waals surface area contributed by atoms with Crippen LogP contribution in [0.25, 0.3) is 0 Å². The van der Waals surface area contributed by atoms with E-state index in [-0.39, 0.29) is 6.29 Å². The van der Waals surface area contributed by atoms with E-state index in [9.17, 15) is 0 Å². The number of hydrogen-bond donors (Lipinski definition) is 0.